The van der Waals surface area contributed by atoms with Crippen LogP contribution < -0.4 is 10.1 Å². The van der Waals surface area contributed by atoms with Crippen molar-refractivity contribution in [1.82, 2.24) is 20.1 Å². The maximum Gasteiger partial charge on any atom is 0.387 e. The number of nitrogens with zero attached hydrogens (tertiary/aromatic N) is 3. The minimum atomic E-state index is -2.85. The highest BCUT2D eigenvalue weighted by Crippen LogP contribution is 2.22. The summed E-state index contributed by atoms with van der Waals surface area (Å²) in [6.07, 6.45) is 3.27. The molecule has 0 saturated heterocycles. The zero-order valence-corrected chi connectivity index (χ0v) is 13.7. The Bertz CT molecular complexity index is 924. The number of ether oxygens (including phenoxy) is 1. The Labute approximate surface area is 142 Å². The van der Waals surface area contributed by atoms with Gasteiger partial charge in [-0.15, -0.1) is 0 Å². The third-order valence-electron chi connectivity index (χ3n) is 3.72. The molecule has 0 saturated carbocycles. The van der Waals surface area contributed by atoms with E-state index in [2.05, 4.69) is 20.1 Å². The Morgan fingerprint density at radius 2 is 2.16 bits per heavy atom. The lowest BCUT2D eigenvalue weighted by Crippen LogP contribution is -2.19. The minimum Gasteiger partial charge on any atom is -0.435 e. The van der Waals surface area contributed by atoms with Gasteiger partial charge in [-0.3, -0.25) is 14.5 Å². The third kappa shape index (κ3) is 3.57. The van der Waals surface area contributed by atoms with Gasteiger partial charge in [0.15, 0.2) is 0 Å². The molecule has 130 valence electrons. The van der Waals surface area contributed by atoms with Crippen molar-refractivity contribution < 1.29 is 18.3 Å². The number of aromatic nitrogens is 3. The first-order valence-corrected chi connectivity index (χ1v) is 7.56. The molecular formula is C17H16F2N4O2. The molecule has 0 aliphatic heterocycles. The second-order valence-corrected chi connectivity index (χ2v) is 5.48. The molecule has 25 heavy (non-hydrogen) atoms. The van der Waals surface area contributed by atoms with E-state index in [1.165, 1.54) is 12.3 Å². The maximum absolute atomic E-state index is 12.3. The van der Waals surface area contributed by atoms with E-state index in [1.807, 2.05) is 0 Å². The standard InChI is InChI=1S/C17H16F2N4O2/c1-10-7-11(3-4-14(10)25-17(18)19)8-23-9-12-13(22-23)5-6-21-15(12)16(24)20-2/h3-7,9,17H,8H2,1-2H3,(H,20,24). The van der Waals surface area contributed by atoms with E-state index in [1.54, 1.807) is 43.0 Å². The maximum atomic E-state index is 12.3. The molecule has 2 heterocycles. The van der Waals surface area contributed by atoms with Crippen LogP contribution in [0.3, 0.4) is 0 Å². The van der Waals surface area contributed by atoms with Gasteiger partial charge in [0.1, 0.15) is 11.4 Å². The van der Waals surface area contributed by atoms with Crippen molar-refractivity contribution in [3.05, 3.63) is 53.5 Å². The molecule has 1 amide bonds. The van der Waals surface area contributed by atoms with Crippen LogP contribution in [0.15, 0.2) is 36.7 Å². The van der Waals surface area contributed by atoms with E-state index >= 15 is 0 Å². The summed E-state index contributed by atoms with van der Waals surface area (Å²) in [6.45, 7) is -0.719. The van der Waals surface area contributed by atoms with E-state index in [0.717, 1.165) is 5.56 Å². The molecule has 3 rings (SSSR count). The normalized spacial score (nSPS) is 11.1. The summed E-state index contributed by atoms with van der Waals surface area (Å²) in [5.74, 6) is -0.134. The zero-order chi connectivity index (χ0) is 18.0. The predicted molar refractivity (Wildman–Crippen MR) is 87.8 cm³/mol. The van der Waals surface area contributed by atoms with Crippen molar-refractivity contribution >= 4 is 16.8 Å². The van der Waals surface area contributed by atoms with Crippen molar-refractivity contribution in [2.24, 2.45) is 0 Å². The lowest BCUT2D eigenvalue weighted by atomic mass is 10.1. The van der Waals surface area contributed by atoms with Gasteiger partial charge in [0.2, 0.25) is 0 Å². The molecule has 0 aliphatic carbocycles. The first-order chi connectivity index (χ1) is 12.0. The largest absolute Gasteiger partial charge is 0.435 e. The van der Waals surface area contributed by atoms with E-state index in [9.17, 15) is 13.6 Å². The van der Waals surface area contributed by atoms with Gasteiger partial charge < -0.3 is 10.1 Å². The number of carbonyl (C=O) groups is 1. The van der Waals surface area contributed by atoms with Crippen LogP contribution in [0.4, 0.5) is 8.78 Å². The Morgan fingerprint density at radius 3 is 2.84 bits per heavy atom. The first kappa shape index (κ1) is 16.8. The Hall–Kier alpha value is -3.03. The van der Waals surface area contributed by atoms with Crippen LogP contribution in [0.25, 0.3) is 10.9 Å². The molecule has 0 atom stereocenters. The SMILES string of the molecule is CNC(=O)c1nccc2nn(Cc3ccc(OC(F)F)c(C)c3)cc12. The predicted octanol–water partition coefficient (Wildman–Crippen LogP) is 2.75. The first-order valence-electron chi connectivity index (χ1n) is 7.56. The fraction of sp³-hybridized carbons (Fsp3) is 0.235. The highest BCUT2D eigenvalue weighted by molar-refractivity contribution is 6.03. The van der Waals surface area contributed by atoms with Crippen molar-refractivity contribution in [3.63, 3.8) is 0 Å². The summed E-state index contributed by atoms with van der Waals surface area (Å²) < 4.78 is 30.8. The average Bonchev–Trinajstić information content (AvgIpc) is 2.98. The lowest BCUT2D eigenvalue weighted by molar-refractivity contribution is -0.0503. The van der Waals surface area contributed by atoms with Gasteiger partial charge in [-0.2, -0.15) is 13.9 Å². The highest BCUT2D eigenvalue weighted by atomic mass is 19.3. The molecule has 0 spiro atoms. The average molecular weight is 346 g/mol. The molecule has 0 fully saturated rings. The number of carbonyl (C=O) groups excluding carboxylic acids is 1. The van der Waals surface area contributed by atoms with Gasteiger partial charge in [-0.1, -0.05) is 12.1 Å². The number of hydrogen-bond donors (Lipinski definition) is 1. The van der Waals surface area contributed by atoms with Gasteiger partial charge in [-0.25, -0.2) is 0 Å². The van der Waals surface area contributed by atoms with Crippen LogP contribution in [-0.4, -0.2) is 34.3 Å². The van der Waals surface area contributed by atoms with E-state index in [0.29, 0.717) is 28.7 Å². The smallest absolute Gasteiger partial charge is 0.387 e. The molecule has 0 unspecified atom stereocenters. The number of aryl methyl sites for hydroxylation is 1. The minimum absolute atomic E-state index is 0.149. The topological polar surface area (TPSA) is 69.0 Å². The third-order valence-corrected chi connectivity index (χ3v) is 3.72. The van der Waals surface area contributed by atoms with Crippen molar-refractivity contribution in [1.29, 1.82) is 0 Å². The fourth-order valence-corrected chi connectivity index (χ4v) is 2.60. The Morgan fingerprint density at radius 1 is 1.36 bits per heavy atom. The van der Waals surface area contributed by atoms with Crippen LogP contribution >= 0.6 is 0 Å². The second-order valence-electron chi connectivity index (χ2n) is 5.48. The monoisotopic (exact) mass is 346 g/mol. The summed E-state index contributed by atoms with van der Waals surface area (Å²) >= 11 is 0. The quantitative estimate of drug-likeness (QED) is 0.771. The van der Waals surface area contributed by atoms with Gasteiger partial charge in [0.05, 0.1) is 17.4 Å². The van der Waals surface area contributed by atoms with Crippen molar-refractivity contribution in [3.8, 4) is 5.75 Å². The van der Waals surface area contributed by atoms with Gasteiger partial charge in [0.25, 0.3) is 5.91 Å². The molecular weight excluding hydrogens is 330 g/mol. The number of rotatable bonds is 5. The second kappa shape index (κ2) is 6.84. The number of fused-ring (bicyclic) bond motifs is 1. The molecule has 0 radical (unpaired) electrons. The molecule has 3 aromatic rings. The Kier molecular flexibility index (Phi) is 4.60. The van der Waals surface area contributed by atoms with Gasteiger partial charge in [0, 0.05) is 19.4 Å². The van der Waals surface area contributed by atoms with Crippen LogP contribution in [-0.2, 0) is 6.54 Å². The number of benzene rings is 1. The lowest BCUT2D eigenvalue weighted by Gasteiger charge is -2.09. The number of alkyl halides is 2. The highest BCUT2D eigenvalue weighted by Gasteiger charge is 2.13. The van der Waals surface area contributed by atoms with Crippen molar-refractivity contribution in [2.75, 3.05) is 7.05 Å². The zero-order valence-electron chi connectivity index (χ0n) is 13.7. The number of hydrogen-bond acceptors (Lipinski definition) is 4. The van der Waals surface area contributed by atoms with Gasteiger partial charge in [-0.05, 0) is 30.2 Å². The molecule has 1 N–H and O–H groups in total. The number of amides is 1. The van der Waals surface area contributed by atoms with E-state index < -0.39 is 6.61 Å². The summed E-state index contributed by atoms with van der Waals surface area (Å²) in [5.41, 5.74) is 2.45. The summed E-state index contributed by atoms with van der Waals surface area (Å²) in [5, 5.41) is 7.63. The summed E-state index contributed by atoms with van der Waals surface area (Å²) in [6, 6.07) is 6.71. The van der Waals surface area contributed by atoms with Crippen molar-refractivity contribution in [2.45, 2.75) is 20.1 Å². The van der Waals surface area contributed by atoms with Crippen LogP contribution in [0.1, 0.15) is 21.6 Å². The summed E-state index contributed by atoms with van der Waals surface area (Å²) in [7, 11) is 1.54. The molecule has 8 heteroatoms. The summed E-state index contributed by atoms with van der Waals surface area (Å²) in [4.78, 5) is 16.0. The number of halogens is 2. The van der Waals surface area contributed by atoms with Crippen LogP contribution in [0.5, 0.6) is 5.75 Å². The number of nitrogens with one attached hydrogen (secondary N) is 1. The van der Waals surface area contributed by atoms with Crippen LogP contribution in [0.2, 0.25) is 0 Å². The molecule has 0 bridgehead atoms. The Balaban J connectivity index is 1.88. The fourth-order valence-electron chi connectivity index (χ4n) is 2.60. The molecule has 2 aromatic heterocycles. The van der Waals surface area contributed by atoms with E-state index in [4.69, 9.17) is 0 Å². The van der Waals surface area contributed by atoms with Crippen LogP contribution in [0, 0.1) is 6.92 Å². The number of pyridine rings is 1. The van der Waals surface area contributed by atoms with E-state index in [-0.39, 0.29) is 11.7 Å². The molecule has 0 aliphatic rings. The molecule has 1 aromatic carbocycles. The molecule has 6 nitrogen and oxygen atoms in total. The van der Waals surface area contributed by atoms with Gasteiger partial charge >= 0.3 is 6.61 Å².